The molecule has 0 spiro atoms. The van der Waals surface area contributed by atoms with Crippen LogP contribution in [-0.4, -0.2) is 49.9 Å². The third-order valence-electron chi connectivity index (χ3n) is 5.73. The van der Waals surface area contributed by atoms with Gasteiger partial charge in [0.05, 0.1) is 24.4 Å². The highest BCUT2D eigenvalue weighted by Crippen LogP contribution is 2.33. The van der Waals surface area contributed by atoms with Crippen LogP contribution < -0.4 is 20.1 Å². The monoisotopic (exact) mass is 492 g/mol. The second-order valence-electron chi connectivity index (χ2n) is 8.27. The van der Waals surface area contributed by atoms with Crippen molar-refractivity contribution in [2.24, 2.45) is 0 Å². The van der Waals surface area contributed by atoms with E-state index >= 15 is 0 Å². The van der Waals surface area contributed by atoms with E-state index in [4.69, 9.17) is 21.1 Å². The average Bonchev–Trinajstić information content (AvgIpc) is 3.38. The molecular weight excluding hydrogens is 468 g/mol. The van der Waals surface area contributed by atoms with Crippen molar-refractivity contribution in [3.8, 4) is 22.6 Å². The SMILES string of the molecule is COc1cc2c(cc1Nc1ncc(-c3ccc(Cl)c(O[C@@H](C)Cn4cnnn4)c3)cn1)CNCC2. The van der Waals surface area contributed by atoms with Gasteiger partial charge in [-0.2, -0.15) is 0 Å². The fourth-order valence-corrected chi connectivity index (χ4v) is 4.16. The number of tetrazole rings is 1. The predicted octanol–water partition coefficient (Wildman–Crippen LogP) is 3.65. The van der Waals surface area contributed by atoms with Crippen LogP contribution in [0, 0.1) is 0 Å². The molecule has 10 nitrogen and oxygen atoms in total. The molecular formula is C24H25ClN8O2. The third-order valence-corrected chi connectivity index (χ3v) is 6.05. The first-order valence-electron chi connectivity index (χ1n) is 11.3. The minimum absolute atomic E-state index is 0.184. The highest BCUT2D eigenvalue weighted by atomic mass is 35.5. The summed E-state index contributed by atoms with van der Waals surface area (Å²) in [7, 11) is 1.67. The molecule has 2 aromatic carbocycles. The number of anilines is 2. The number of methoxy groups -OCH3 is 1. The van der Waals surface area contributed by atoms with Crippen molar-refractivity contribution in [3.05, 3.63) is 65.2 Å². The maximum Gasteiger partial charge on any atom is 0.227 e. The number of aromatic nitrogens is 6. The van der Waals surface area contributed by atoms with E-state index in [-0.39, 0.29) is 6.10 Å². The number of benzene rings is 2. The van der Waals surface area contributed by atoms with Crippen molar-refractivity contribution in [2.45, 2.75) is 32.5 Å². The Balaban J connectivity index is 1.31. The van der Waals surface area contributed by atoms with Gasteiger partial charge in [0, 0.05) is 24.5 Å². The maximum atomic E-state index is 6.37. The molecule has 0 radical (unpaired) electrons. The van der Waals surface area contributed by atoms with E-state index in [0.717, 1.165) is 42.1 Å². The van der Waals surface area contributed by atoms with Gasteiger partial charge in [-0.05, 0) is 71.3 Å². The molecule has 1 atom stereocenters. The van der Waals surface area contributed by atoms with Crippen molar-refractivity contribution in [3.63, 3.8) is 0 Å². The Morgan fingerprint density at radius 1 is 1.11 bits per heavy atom. The number of ether oxygens (including phenoxy) is 2. The number of halogens is 1. The molecule has 1 aliphatic heterocycles. The molecule has 0 bridgehead atoms. The van der Waals surface area contributed by atoms with Gasteiger partial charge in [0.25, 0.3) is 0 Å². The number of hydrogen-bond donors (Lipinski definition) is 2. The molecule has 0 unspecified atom stereocenters. The first-order valence-corrected chi connectivity index (χ1v) is 11.6. The van der Waals surface area contributed by atoms with Crippen LogP contribution in [0.3, 0.4) is 0 Å². The van der Waals surface area contributed by atoms with Crippen LogP contribution in [0.2, 0.25) is 5.02 Å². The normalized spacial score (nSPS) is 13.7. The van der Waals surface area contributed by atoms with Crippen LogP contribution in [0.25, 0.3) is 11.1 Å². The van der Waals surface area contributed by atoms with Gasteiger partial charge >= 0.3 is 0 Å². The second kappa shape index (κ2) is 10.2. The van der Waals surface area contributed by atoms with E-state index in [2.05, 4.69) is 48.3 Å². The van der Waals surface area contributed by atoms with E-state index in [1.54, 1.807) is 36.6 Å². The van der Waals surface area contributed by atoms with Gasteiger partial charge in [-0.3, -0.25) is 0 Å². The summed E-state index contributed by atoms with van der Waals surface area (Å²) in [5.41, 5.74) is 5.12. The summed E-state index contributed by atoms with van der Waals surface area (Å²) in [5, 5.41) is 18.3. The lowest BCUT2D eigenvalue weighted by Crippen LogP contribution is -2.23. The standard InChI is InChI=1S/C24H25ClN8O2/c1-15(13-33-14-29-31-32-33)35-22-8-16(3-4-20(22)25)19-11-27-24(28-12-19)30-21-7-18-10-26-6-5-17(18)9-23(21)34-2/h3-4,7-9,11-12,14-15,26H,5-6,10,13H2,1-2H3,(H,27,28,30)/t15-/m0/s1. The maximum absolute atomic E-state index is 6.37. The van der Waals surface area contributed by atoms with E-state index in [0.29, 0.717) is 23.3 Å². The van der Waals surface area contributed by atoms with Gasteiger partial charge in [0.1, 0.15) is 23.9 Å². The molecule has 0 saturated carbocycles. The molecule has 0 aliphatic carbocycles. The number of hydrogen-bond acceptors (Lipinski definition) is 9. The molecule has 0 amide bonds. The Labute approximate surface area is 207 Å². The highest BCUT2D eigenvalue weighted by Gasteiger charge is 2.15. The third kappa shape index (κ3) is 5.33. The van der Waals surface area contributed by atoms with Gasteiger partial charge in [-0.1, -0.05) is 17.7 Å². The Kier molecular flexibility index (Phi) is 6.73. The van der Waals surface area contributed by atoms with E-state index < -0.39 is 0 Å². The molecule has 5 rings (SSSR count). The van der Waals surface area contributed by atoms with Gasteiger partial charge in [-0.25, -0.2) is 14.6 Å². The predicted molar refractivity (Wildman–Crippen MR) is 132 cm³/mol. The van der Waals surface area contributed by atoms with Gasteiger partial charge in [0.15, 0.2) is 0 Å². The van der Waals surface area contributed by atoms with E-state index in [9.17, 15) is 0 Å². The quantitative estimate of drug-likeness (QED) is 0.380. The summed E-state index contributed by atoms with van der Waals surface area (Å²) in [6.07, 6.45) is 5.87. The van der Waals surface area contributed by atoms with Crippen LogP contribution in [0.4, 0.5) is 11.6 Å². The summed E-state index contributed by atoms with van der Waals surface area (Å²) in [6.45, 7) is 4.24. The van der Waals surface area contributed by atoms with Crippen molar-refractivity contribution >= 4 is 23.2 Å². The molecule has 2 N–H and O–H groups in total. The number of fused-ring (bicyclic) bond motifs is 1. The highest BCUT2D eigenvalue weighted by molar-refractivity contribution is 6.32. The van der Waals surface area contributed by atoms with Crippen LogP contribution >= 0.6 is 11.6 Å². The molecule has 35 heavy (non-hydrogen) atoms. The number of rotatable bonds is 8. The van der Waals surface area contributed by atoms with Gasteiger partial charge < -0.3 is 20.1 Å². The lowest BCUT2D eigenvalue weighted by Gasteiger charge is -2.20. The van der Waals surface area contributed by atoms with E-state index in [1.807, 2.05) is 19.1 Å². The second-order valence-corrected chi connectivity index (χ2v) is 8.68. The Morgan fingerprint density at radius 2 is 1.97 bits per heavy atom. The molecule has 3 heterocycles. The molecule has 0 saturated heterocycles. The first-order chi connectivity index (χ1) is 17.1. The summed E-state index contributed by atoms with van der Waals surface area (Å²) in [6, 6.07) is 9.77. The lowest BCUT2D eigenvalue weighted by molar-refractivity contribution is 0.193. The minimum Gasteiger partial charge on any atom is -0.495 e. The Morgan fingerprint density at radius 3 is 2.74 bits per heavy atom. The summed E-state index contributed by atoms with van der Waals surface area (Å²) < 4.78 is 13.2. The van der Waals surface area contributed by atoms with Crippen LogP contribution in [0.1, 0.15) is 18.1 Å². The smallest absolute Gasteiger partial charge is 0.227 e. The zero-order valence-corrected chi connectivity index (χ0v) is 20.2. The molecule has 0 fully saturated rings. The van der Waals surface area contributed by atoms with Crippen molar-refractivity contribution in [1.29, 1.82) is 0 Å². The largest absolute Gasteiger partial charge is 0.495 e. The van der Waals surface area contributed by atoms with Gasteiger partial charge in [0.2, 0.25) is 5.95 Å². The molecule has 4 aromatic rings. The minimum atomic E-state index is -0.184. The zero-order valence-electron chi connectivity index (χ0n) is 19.4. The van der Waals surface area contributed by atoms with E-state index in [1.165, 1.54) is 11.1 Å². The van der Waals surface area contributed by atoms with Gasteiger partial charge in [-0.15, -0.1) is 5.10 Å². The van der Waals surface area contributed by atoms with Crippen molar-refractivity contribution < 1.29 is 9.47 Å². The van der Waals surface area contributed by atoms with Crippen LogP contribution in [0.5, 0.6) is 11.5 Å². The fraction of sp³-hybridized carbons (Fsp3) is 0.292. The Bertz CT molecular complexity index is 1300. The first kappa shape index (κ1) is 23.0. The summed E-state index contributed by atoms with van der Waals surface area (Å²) in [5.74, 6) is 1.82. The van der Waals surface area contributed by atoms with Crippen LogP contribution in [-0.2, 0) is 19.5 Å². The average molecular weight is 493 g/mol. The molecule has 180 valence electrons. The van der Waals surface area contributed by atoms with Crippen molar-refractivity contribution in [2.75, 3.05) is 19.0 Å². The zero-order chi connectivity index (χ0) is 24.2. The number of nitrogens with one attached hydrogen (secondary N) is 2. The molecule has 11 heteroatoms. The lowest BCUT2D eigenvalue weighted by atomic mass is 10.00. The molecule has 2 aromatic heterocycles. The Hall–Kier alpha value is -3.76. The van der Waals surface area contributed by atoms with Crippen LogP contribution in [0.15, 0.2) is 49.1 Å². The summed E-state index contributed by atoms with van der Waals surface area (Å²) in [4.78, 5) is 9.02. The topological polar surface area (TPSA) is 112 Å². The number of nitrogens with zero attached hydrogens (tertiary/aromatic N) is 6. The summed E-state index contributed by atoms with van der Waals surface area (Å²) >= 11 is 6.37. The van der Waals surface area contributed by atoms with Crippen molar-refractivity contribution in [1.82, 2.24) is 35.5 Å². The fourth-order valence-electron chi connectivity index (χ4n) is 3.99. The molecule has 1 aliphatic rings.